The summed E-state index contributed by atoms with van der Waals surface area (Å²) in [5.41, 5.74) is 0. The molecule has 3 rings (SSSR count). The monoisotopic (exact) mass is 254 g/mol. The van der Waals surface area contributed by atoms with Crippen LogP contribution in [0.3, 0.4) is 0 Å². The number of aliphatic carboxylic acids is 1. The highest BCUT2D eigenvalue weighted by atomic mass is 32.1. The van der Waals surface area contributed by atoms with Gasteiger partial charge in [-0.15, -0.1) is 10.2 Å². The predicted molar refractivity (Wildman–Crippen MR) is 58.2 cm³/mol. The SMILES string of the molecule is O=C(O)Cc1nn2c(C3CCOC3)nnc2s1. The lowest BCUT2D eigenvalue weighted by Crippen LogP contribution is -2.06. The van der Waals surface area contributed by atoms with E-state index in [2.05, 4.69) is 15.3 Å². The molecule has 0 spiro atoms. The van der Waals surface area contributed by atoms with Crippen LogP contribution in [-0.4, -0.2) is 44.1 Å². The van der Waals surface area contributed by atoms with E-state index in [1.165, 1.54) is 11.3 Å². The van der Waals surface area contributed by atoms with Crippen LogP contribution >= 0.6 is 11.3 Å². The minimum atomic E-state index is -0.888. The first-order valence-corrected chi connectivity index (χ1v) is 6.06. The maximum Gasteiger partial charge on any atom is 0.310 e. The number of carboxylic acids is 1. The standard InChI is InChI=1S/C9H10N4O3S/c14-7(15)3-6-12-13-8(5-1-2-16-4-5)10-11-9(13)17-6/h5H,1-4H2,(H,14,15). The van der Waals surface area contributed by atoms with Crippen LogP contribution in [0.4, 0.5) is 0 Å². The minimum Gasteiger partial charge on any atom is -0.481 e. The fourth-order valence-electron chi connectivity index (χ4n) is 1.87. The van der Waals surface area contributed by atoms with E-state index in [4.69, 9.17) is 9.84 Å². The average Bonchev–Trinajstić information content (AvgIpc) is 2.89. The second kappa shape index (κ2) is 4.04. The molecule has 1 fully saturated rings. The summed E-state index contributed by atoms with van der Waals surface area (Å²) in [6.45, 7) is 1.36. The first-order chi connectivity index (χ1) is 8.24. The van der Waals surface area contributed by atoms with Crippen LogP contribution in [0.5, 0.6) is 0 Å². The van der Waals surface area contributed by atoms with Gasteiger partial charge in [0.15, 0.2) is 5.82 Å². The number of hydrogen-bond acceptors (Lipinski definition) is 6. The van der Waals surface area contributed by atoms with Gasteiger partial charge in [-0.25, -0.2) is 0 Å². The zero-order valence-corrected chi connectivity index (χ0v) is 9.68. The molecule has 1 aliphatic heterocycles. The molecule has 0 amide bonds. The molecule has 17 heavy (non-hydrogen) atoms. The van der Waals surface area contributed by atoms with Gasteiger partial charge in [-0.2, -0.15) is 9.61 Å². The maximum atomic E-state index is 10.6. The van der Waals surface area contributed by atoms with Gasteiger partial charge >= 0.3 is 5.97 Å². The molecule has 8 heteroatoms. The van der Waals surface area contributed by atoms with E-state index in [-0.39, 0.29) is 12.3 Å². The summed E-state index contributed by atoms with van der Waals surface area (Å²) in [5, 5.41) is 21.6. The average molecular weight is 254 g/mol. The number of carbonyl (C=O) groups is 1. The van der Waals surface area contributed by atoms with Crippen LogP contribution in [-0.2, 0) is 16.0 Å². The molecule has 1 unspecified atom stereocenters. The third-order valence-corrected chi connectivity index (χ3v) is 3.55. The van der Waals surface area contributed by atoms with E-state index >= 15 is 0 Å². The summed E-state index contributed by atoms with van der Waals surface area (Å²) in [5.74, 6) is 0.0934. The van der Waals surface area contributed by atoms with Gasteiger partial charge in [0.1, 0.15) is 5.01 Å². The number of carboxylic acid groups (broad SMARTS) is 1. The number of hydrogen-bond donors (Lipinski definition) is 1. The molecule has 0 aliphatic carbocycles. The van der Waals surface area contributed by atoms with E-state index in [1.54, 1.807) is 4.52 Å². The van der Waals surface area contributed by atoms with E-state index < -0.39 is 5.97 Å². The Hall–Kier alpha value is -1.54. The van der Waals surface area contributed by atoms with Crippen LogP contribution in [0.15, 0.2) is 0 Å². The molecule has 0 bridgehead atoms. The molecule has 2 aromatic rings. The quantitative estimate of drug-likeness (QED) is 0.848. The highest BCUT2D eigenvalue weighted by Crippen LogP contribution is 2.25. The smallest absolute Gasteiger partial charge is 0.310 e. The molecule has 0 saturated carbocycles. The Labute approximate surface area is 100 Å². The molecule has 90 valence electrons. The fraction of sp³-hybridized carbons (Fsp3) is 0.556. The Morgan fingerprint density at radius 1 is 1.59 bits per heavy atom. The van der Waals surface area contributed by atoms with Gasteiger partial charge in [0, 0.05) is 12.5 Å². The highest BCUT2D eigenvalue weighted by molar-refractivity contribution is 7.16. The molecule has 1 N–H and O–H groups in total. The zero-order valence-electron chi connectivity index (χ0n) is 8.87. The molecule has 7 nitrogen and oxygen atoms in total. The lowest BCUT2D eigenvalue weighted by Gasteiger charge is -2.01. The third-order valence-electron chi connectivity index (χ3n) is 2.65. The molecule has 1 aliphatic rings. The van der Waals surface area contributed by atoms with E-state index in [9.17, 15) is 4.79 Å². The number of rotatable bonds is 3. The van der Waals surface area contributed by atoms with Crippen LogP contribution in [0, 0.1) is 0 Å². The van der Waals surface area contributed by atoms with Gasteiger partial charge in [-0.05, 0) is 6.42 Å². The molecular weight excluding hydrogens is 244 g/mol. The summed E-state index contributed by atoms with van der Waals surface area (Å²) in [6, 6.07) is 0. The van der Waals surface area contributed by atoms with E-state index in [0.717, 1.165) is 18.9 Å². The molecule has 3 heterocycles. The van der Waals surface area contributed by atoms with Crippen molar-refractivity contribution in [2.75, 3.05) is 13.2 Å². The summed E-state index contributed by atoms with van der Waals surface area (Å²) in [4.78, 5) is 11.3. The van der Waals surface area contributed by atoms with Crippen LogP contribution in [0.1, 0.15) is 23.2 Å². The van der Waals surface area contributed by atoms with Crippen molar-refractivity contribution in [2.24, 2.45) is 0 Å². The lowest BCUT2D eigenvalue weighted by atomic mass is 10.1. The number of fused-ring (bicyclic) bond motifs is 1. The molecule has 1 atom stereocenters. The Morgan fingerprint density at radius 2 is 2.47 bits per heavy atom. The second-order valence-corrected chi connectivity index (χ2v) is 4.92. The lowest BCUT2D eigenvalue weighted by molar-refractivity contribution is -0.136. The van der Waals surface area contributed by atoms with Gasteiger partial charge in [0.05, 0.1) is 13.0 Å². The molecule has 0 radical (unpaired) electrons. The molecular formula is C9H10N4O3S. The Bertz CT molecular complexity index is 558. The van der Waals surface area contributed by atoms with Crippen molar-refractivity contribution < 1.29 is 14.6 Å². The first-order valence-electron chi connectivity index (χ1n) is 5.24. The summed E-state index contributed by atoms with van der Waals surface area (Å²) in [7, 11) is 0. The number of nitrogens with zero attached hydrogens (tertiary/aromatic N) is 4. The van der Waals surface area contributed by atoms with Crippen molar-refractivity contribution in [3.05, 3.63) is 10.8 Å². The summed E-state index contributed by atoms with van der Waals surface area (Å²) < 4.78 is 6.94. The highest BCUT2D eigenvalue weighted by Gasteiger charge is 2.24. The Balaban J connectivity index is 1.96. The van der Waals surface area contributed by atoms with Gasteiger partial charge in [-0.3, -0.25) is 4.79 Å². The minimum absolute atomic E-state index is 0.0748. The third kappa shape index (κ3) is 1.89. The van der Waals surface area contributed by atoms with Crippen molar-refractivity contribution in [3.63, 3.8) is 0 Å². The van der Waals surface area contributed by atoms with Gasteiger partial charge in [0.2, 0.25) is 4.96 Å². The van der Waals surface area contributed by atoms with Gasteiger partial charge < -0.3 is 9.84 Å². The topological polar surface area (TPSA) is 89.6 Å². The van der Waals surface area contributed by atoms with Crippen LogP contribution < -0.4 is 0 Å². The number of ether oxygens (including phenoxy) is 1. The normalized spacial score (nSPS) is 20.1. The van der Waals surface area contributed by atoms with Gasteiger partial charge in [0.25, 0.3) is 0 Å². The van der Waals surface area contributed by atoms with E-state index in [1.807, 2.05) is 0 Å². The van der Waals surface area contributed by atoms with Crippen molar-refractivity contribution in [1.29, 1.82) is 0 Å². The molecule has 2 aromatic heterocycles. The Kier molecular flexibility index (Phi) is 2.52. The fourth-order valence-corrected chi connectivity index (χ4v) is 2.70. The predicted octanol–water partition coefficient (Wildman–Crippen LogP) is 0.317. The summed E-state index contributed by atoms with van der Waals surface area (Å²) >= 11 is 1.26. The molecule has 1 saturated heterocycles. The van der Waals surface area contributed by atoms with Crippen LogP contribution in [0.2, 0.25) is 0 Å². The van der Waals surface area contributed by atoms with Crippen molar-refractivity contribution in [2.45, 2.75) is 18.8 Å². The van der Waals surface area contributed by atoms with E-state index in [0.29, 0.717) is 16.6 Å². The van der Waals surface area contributed by atoms with Crippen LogP contribution in [0.25, 0.3) is 4.96 Å². The zero-order chi connectivity index (χ0) is 11.8. The second-order valence-electron chi connectivity index (χ2n) is 3.88. The number of aromatic nitrogens is 4. The van der Waals surface area contributed by atoms with Gasteiger partial charge in [-0.1, -0.05) is 11.3 Å². The molecule has 0 aromatic carbocycles. The Morgan fingerprint density at radius 3 is 3.18 bits per heavy atom. The largest absolute Gasteiger partial charge is 0.481 e. The maximum absolute atomic E-state index is 10.6. The van der Waals surface area contributed by atoms with Crippen molar-refractivity contribution in [1.82, 2.24) is 19.8 Å². The first kappa shape index (κ1) is 10.6. The van der Waals surface area contributed by atoms with Crippen molar-refractivity contribution >= 4 is 22.3 Å². The summed E-state index contributed by atoms with van der Waals surface area (Å²) in [6.07, 6.45) is 0.835. The van der Waals surface area contributed by atoms with Crippen molar-refractivity contribution in [3.8, 4) is 0 Å².